The summed E-state index contributed by atoms with van der Waals surface area (Å²) < 4.78 is 53.4. The summed E-state index contributed by atoms with van der Waals surface area (Å²) in [5.41, 5.74) is 1.51. The van der Waals surface area contributed by atoms with Gasteiger partial charge >= 0.3 is 12.3 Å². The van der Waals surface area contributed by atoms with Crippen LogP contribution in [0.25, 0.3) is 11.0 Å². The number of nitrogens with one attached hydrogen (secondary N) is 2. The van der Waals surface area contributed by atoms with Crippen LogP contribution in [0.15, 0.2) is 24.3 Å². The fourth-order valence-corrected chi connectivity index (χ4v) is 1.87. The van der Waals surface area contributed by atoms with Crippen molar-refractivity contribution >= 4 is 16.9 Å². The summed E-state index contributed by atoms with van der Waals surface area (Å²) in [7, 11) is 0. The normalized spacial score (nSPS) is 13.5. The lowest BCUT2D eigenvalue weighted by Gasteiger charge is -2.16. The van der Waals surface area contributed by atoms with E-state index in [9.17, 15) is 22.4 Å². The maximum Gasteiger partial charge on any atom is 0.330 e. The van der Waals surface area contributed by atoms with Crippen LogP contribution in [0.4, 0.5) is 17.6 Å². The summed E-state index contributed by atoms with van der Waals surface area (Å²) >= 11 is 0. The van der Waals surface area contributed by atoms with Gasteiger partial charge in [-0.3, -0.25) is 4.79 Å². The number of fused-ring (bicyclic) bond motifs is 1. The highest BCUT2D eigenvalue weighted by Crippen LogP contribution is 2.22. The number of carbonyl (C=O) groups excluding carboxylic acids is 1. The minimum atomic E-state index is -4.27. The van der Waals surface area contributed by atoms with Gasteiger partial charge in [-0.15, -0.1) is 0 Å². The molecule has 2 rings (SSSR count). The lowest BCUT2D eigenvalue weighted by Crippen LogP contribution is -2.36. The first-order chi connectivity index (χ1) is 10.8. The summed E-state index contributed by atoms with van der Waals surface area (Å²) in [6.45, 7) is -0.618. The Kier molecular flexibility index (Phi) is 5.19. The largest absolute Gasteiger partial charge is 0.365 e. The number of rotatable bonds is 7. The maximum atomic E-state index is 12.6. The molecule has 0 aliphatic rings. The summed E-state index contributed by atoms with van der Waals surface area (Å²) in [5.74, 6) is -4.49. The Hall–Kier alpha value is -2.16. The number of ether oxygens (including phenoxy) is 1. The van der Waals surface area contributed by atoms with Crippen molar-refractivity contribution in [2.24, 2.45) is 0 Å². The van der Waals surface area contributed by atoms with Crippen molar-refractivity contribution in [3.05, 3.63) is 30.1 Å². The molecule has 1 unspecified atom stereocenters. The van der Waals surface area contributed by atoms with Gasteiger partial charge in [-0.25, -0.2) is 13.8 Å². The van der Waals surface area contributed by atoms with Crippen LogP contribution < -0.4 is 5.32 Å². The molecule has 0 aliphatic carbocycles. The van der Waals surface area contributed by atoms with Crippen LogP contribution in [-0.2, 0) is 9.53 Å². The van der Waals surface area contributed by atoms with E-state index in [1.807, 2.05) is 18.2 Å². The third-order valence-electron chi connectivity index (χ3n) is 3.04. The van der Waals surface area contributed by atoms with Gasteiger partial charge in [0.25, 0.3) is 0 Å². The average Bonchev–Trinajstić information content (AvgIpc) is 2.90. The van der Waals surface area contributed by atoms with Crippen molar-refractivity contribution in [3.63, 3.8) is 0 Å². The van der Waals surface area contributed by atoms with E-state index in [4.69, 9.17) is 0 Å². The topological polar surface area (TPSA) is 67.0 Å². The van der Waals surface area contributed by atoms with E-state index in [-0.39, 0.29) is 0 Å². The van der Waals surface area contributed by atoms with Gasteiger partial charge in [0.05, 0.1) is 17.1 Å². The van der Waals surface area contributed by atoms with Gasteiger partial charge in [-0.05, 0) is 19.1 Å². The van der Waals surface area contributed by atoms with E-state index < -0.39 is 37.5 Å². The van der Waals surface area contributed by atoms with Gasteiger partial charge < -0.3 is 15.0 Å². The number of aromatic nitrogens is 2. The fourth-order valence-electron chi connectivity index (χ4n) is 1.87. The second-order valence-electron chi connectivity index (χ2n) is 4.98. The molecule has 1 atom stereocenters. The zero-order valence-electron chi connectivity index (χ0n) is 12.2. The third-order valence-corrected chi connectivity index (χ3v) is 3.04. The number of benzene rings is 1. The Balaban J connectivity index is 1.85. The van der Waals surface area contributed by atoms with E-state index >= 15 is 0 Å². The number of aromatic amines is 1. The van der Waals surface area contributed by atoms with Gasteiger partial charge in [-0.2, -0.15) is 8.78 Å². The Bertz CT molecular complexity index is 642. The number of nitrogens with zero attached hydrogens (tertiary/aromatic N) is 1. The number of amides is 1. The highest BCUT2D eigenvalue weighted by Gasteiger charge is 2.41. The molecule has 1 heterocycles. The number of imidazole rings is 1. The molecular weight excluding hydrogens is 318 g/mol. The molecular formula is C14H15F4N3O2. The van der Waals surface area contributed by atoms with Gasteiger partial charge in [0.15, 0.2) is 0 Å². The lowest BCUT2D eigenvalue weighted by molar-refractivity contribution is -0.168. The van der Waals surface area contributed by atoms with E-state index in [2.05, 4.69) is 20.0 Å². The summed E-state index contributed by atoms with van der Waals surface area (Å²) in [6.07, 6.45) is -3.83. The molecule has 23 heavy (non-hydrogen) atoms. The minimum absolute atomic E-state index is 0.484. The standard InChI is InChI=1S/C14H15F4N3O2/c1-8(12-20-9-4-2-3-5-10(9)21-12)19-11(22)6-23-7-14(17,18)13(15)16/h2-5,8,13H,6-7H2,1H3,(H,19,22)(H,20,21). The first kappa shape index (κ1) is 17.2. The van der Waals surface area contributed by atoms with Gasteiger partial charge in [0, 0.05) is 0 Å². The molecule has 9 heteroatoms. The van der Waals surface area contributed by atoms with Gasteiger partial charge in [0.2, 0.25) is 5.91 Å². The number of halogens is 4. The fraction of sp³-hybridized carbons (Fsp3) is 0.429. The molecule has 0 spiro atoms. The van der Waals surface area contributed by atoms with Crippen LogP contribution in [-0.4, -0.2) is 41.4 Å². The Morgan fingerprint density at radius 2 is 2.09 bits per heavy atom. The monoisotopic (exact) mass is 333 g/mol. The molecule has 1 aromatic carbocycles. The van der Waals surface area contributed by atoms with Crippen LogP contribution >= 0.6 is 0 Å². The second kappa shape index (κ2) is 6.95. The summed E-state index contributed by atoms with van der Waals surface area (Å²) in [5, 5.41) is 2.48. The summed E-state index contributed by atoms with van der Waals surface area (Å²) in [4.78, 5) is 18.9. The van der Waals surface area contributed by atoms with Crippen LogP contribution in [0.5, 0.6) is 0 Å². The molecule has 5 nitrogen and oxygen atoms in total. The third kappa shape index (κ3) is 4.41. The number of carbonyl (C=O) groups is 1. The molecule has 0 fully saturated rings. The Labute approximate surface area is 129 Å². The Morgan fingerprint density at radius 3 is 2.74 bits per heavy atom. The number of alkyl halides is 4. The highest BCUT2D eigenvalue weighted by molar-refractivity contribution is 5.78. The SMILES string of the molecule is CC(NC(=O)COCC(F)(F)C(F)F)c1nc2ccccc2[nH]1. The molecule has 0 radical (unpaired) electrons. The Morgan fingerprint density at radius 1 is 1.39 bits per heavy atom. The van der Waals surface area contributed by atoms with Crippen molar-refractivity contribution < 1.29 is 27.1 Å². The maximum absolute atomic E-state index is 12.6. The number of H-pyrrole nitrogens is 1. The molecule has 1 amide bonds. The van der Waals surface area contributed by atoms with Crippen LogP contribution in [0.3, 0.4) is 0 Å². The summed E-state index contributed by atoms with van der Waals surface area (Å²) in [6, 6.07) is 6.72. The van der Waals surface area contributed by atoms with Gasteiger partial charge in [-0.1, -0.05) is 12.1 Å². The zero-order valence-corrected chi connectivity index (χ0v) is 12.2. The number of hydrogen-bond acceptors (Lipinski definition) is 3. The molecule has 0 bridgehead atoms. The molecule has 2 aromatic rings. The minimum Gasteiger partial charge on any atom is -0.365 e. The first-order valence-corrected chi connectivity index (χ1v) is 6.77. The molecule has 126 valence electrons. The van der Waals surface area contributed by atoms with Crippen LogP contribution in [0.1, 0.15) is 18.8 Å². The predicted octanol–water partition coefficient (Wildman–Crippen LogP) is 2.66. The van der Waals surface area contributed by atoms with E-state index in [1.54, 1.807) is 13.0 Å². The van der Waals surface area contributed by atoms with Crippen molar-refractivity contribution in [1.82, 2.24) is 15.3 Å². The first-order valence-electron chi connectivity index (χ1n) is 6.77. The smallest absolute Gasteiger partial charge is 0.330 e. The second-order valence-corrected chi connectivity index (χ2v) is 4.98. The molecule has 1 aromatic heterocycles. The van der Waals surface area contributed by atoms with Gasteiger partial charge in [0.1, 0.15) is 19.0 Å². The molecule has 0 saturated heterocycles. The average molecular weight is 333 g/mol. The van der Waals surface area contributed by atoms with E-state index in [0.29, 0.717) is 5.82 Å². The van der Waals surface area contributed by atoms with Crippen LogP contribution in [0.2, 0.25) is 0 Å². The number of para-hydroxylation sites is 2. The van der Waals surface area contributed by atoms with Crippen molar-refractivity contribution in [1.29, 1.82) is 0 Å². The van der Waals surface area contributed by atoms with Crippen molar-refractivity contribution in [2.45, 2.75) is 25.3 Å². The van der Waals surface area contributed by atoms with E-state index in [1.165, 1.54) is 0 Å². The highest BCUT2D eigenvalue weighted by atomic mass is 19.3. The quantitative estimate of drug-likeness (QED) is 0.766. The zero-order chi connectivity index (χ0) is 17.0. The number of hydrogen-bond donors (Lipinski definition) is 2. The predicted molar refractivity (Wildman–Crippen MR) is 74.4 cm³/mol. The molecule has 0 saturated carbocycles. The molecule has 2 N–H and O–H groups in total. The van der Waals surface area contributed by atoms with Crippen molar-refractivity contribution in [3.8, 4) is 0 Å². The molecule has 0 aliphatic heterocycles. The van der Waals surface area contributed by atoms with Crippen molar-refractivity contribution in [2.75, 3.05) is 13.2 Å². The van der Waals surface area contributed by atoms with Crippen LogP contribution in [0, 0.1) is 0 Å². The van der Waals surface area contributed by atoms with E-state index in [0.717, 1.165) is 11.0 Å². The lowest BCUT2D eigenvalue weighted by atomic mass is 10.3.